The Hall–Kier alpha value is -3.73. The molecule has 0 bridgehead atoms. The van der Waals surface area contributed by atoms with E-state index in [0.717, 1.165) is 0 Å². The lowest BCUT2D eigenvalue weighted by Crippen LogP contribution is -2.41. The third-order valence-corrected chi connectivity index (χ3v) is 4.75. The van der Waals surface area contributed by atoms with Gasteiger partial charge in [-0.25, -0.2) is 19.9 Å². The molecule has 28 heavy (non-hydrogen) atoms. The van der Waals surface area contributed by atoms with E-state index in [-0.39, 0.29) is 11.7 Å². The molecule has 0 saturated carbocycles. The molecule has 0 amide bonds. The van der Waals surface area contributed by atoms with Crippen molar-refractivity contribution in [3.05, 3.63) is 89.3 Å². The summed E-state index contributed by atoms with van der Waals surface area (Å²) in [5.41, 5.74) is 1.22. The fraction of sp³-hybridized carbons (Fsp3) is 0.150. The van der Waals surface area contributed by atoms with Crippen molar-refractivity contribution in [2.75, 3.05) is 0 Å². The number of amidine groups is 1. The summed E-state index contributed by atoms with van der Waals surface area (Å²) in [6.07, 6.45) is 4.36. The van der Waals surface area contributed by atoms with Gasteiger partial charge in [0, 0.05) is 35.3 Å². The van der Waals surface area contributed by atoms with Crippen molar-refractivity contribution in [1.29, 1.82) is 5.26 Å². The first-order valence-corrected chi connectivity index (χ1v) is 8.50. The van der Waals surface area contributed by atoms with Gasteiger partial charge in [-0.15, -0.1) is 0 Å². The fourth-order valence-electron chi connectivity index (χ4n) is 3.40. The highest BCUT2D eigenvalue weighted by Crippen LogP contribution is 2.40. The van der Waals surface area contributed by atoms with E-state index in [4.69, 9.17) is 10.3 Å². The summed E-state index contributed by atoms with van der Waals surface area (Å²) >= 11 is 0. The molecular formula is C20H14F2N6. The van der Waals surface area contributed by atoms with Crippen LogP contribution in [0.2, 0.25) is 0 Å². The largest absolute Gasteiger partial charge is 0.364 e. The normalized spacial score (nSPS) is 17.5. The molecule has 0 fully saturated rings. The first-order chi connectivity index (χ1) is 13.5. The highest BCUT2D eigenvalue weighted by Gasteiger charge is 2.45. The number of aromatic nitrogens is 3. The van der Waals surface area contributed by atoms with Crippen LogP contribution in [0.25, 0.3) is 0 Å². The Morgan fingerprint density at radius 1 is 1.00 bits per heavy atom. The molecule has 0 unspecified atom stereocenters. The molecule has 8 heteroatoms. The molecule has 1 aliphatic heterocycles. The molecule has 3 aromatic rings. The van der Waals surface area contributed by atoms with Gasteiger partial charge in [0.15, 0.2) is 0 Å². The van der Waals surface area contributed by atoms with Crippen molar-refractivity contribution in [3.63, 3.8) is 0 Å². The Labute approximate surface area is 159 Å². The number of rotatable bonds is 3. The number of nitrogens with zero attached hydrogens (tertiary/aromatic N) is 5. The summed E-state index contributed by atoms with van der Waals surface area (Å²) in [5, 5.41) is 12.4. The zero-order valence-electron chi connectivity index (χ0n) is 14.8. The van der Waals surface area contributed by atoms with Crippen molar-refractivity contribution < 1.29 is 8.78 Å². The standard InChI is InChI=1S/C20H14F2N6/c1-12-20(14-2-4-17(21)25-10-14,15-3-5-18(22)26-11-15)28-19(27-12)13-6-7-24-16(8-13)9-23/h2-8,10-12H,1H3,(H,27,28)/t12-/m0/s1. The van der Waals surface area contributed by atoms with Crippen LogP contribution in [0.5, 0.6) is 0 Å². The minimum absolute atomic E-state index is 0.263. The van der Waals surface area contributed by atoms with E-state index in [1.807, 2.05) is 13.0 Å². The SMILES string of the molecule is C[C@@H]1NC(c2ccnc(C#N)c2)=NC1(c1ccc(F)nc1)c1ccc(F)nc1. The molecule has 0 aromatic carbocycles. The van der Waals surface area contributed by atoms with Gasteiger partial charge >= 0.3 is 0 Å². The van der Waals surface area contributed by atoms with Gasteiger partial charge in [0.1, 0.15) is 23.1 Å². The van der Waals surface area contributed by atoms with Crippen molar-refractivity contribution >= 4 is 5.84 Å². The predicted molar refractivity (Wildman–Crippen MR) is 97.3 cm³/mol. The van der Waals surface area contributed by atoms with E-state index in [2.05, 4.69) is 20.3 Å². The van der Waals surface area contributed by atoms with Gasteiger partial charge in [-0.2, -0.15) is 14.0 Å². The van der Waals surface area contributed by atoms with E-state index in [1.54, 1.807) is 24.3 Å². The van der Waals surface area contributed by atoms with Gasteiger partial charge in [0.25, 0.3) is 0 Å². The summed E-state index contributed by atoms with van der Waals surface area (Å²) in [5.74, 6) is -0.668. The number of nitriles is 1. The molecule has 0 aliphatic carbocycles. The topological polar surface area (TPSA) is 86.9 Å². The summed E-state index contributed by atoms with van der Waals surface area (Å²) in [4.78, 5) is 16.4. The van der Waals surface area contributed by atoms with Crippen molar-refractivity contribution in [1.82, 2.24) is 20.3 Å². The molecule has 6 nitrogen and oxygen atoms in total. The summed E-state index contributed by atoms with van der Waals surface area (Å²) in [6.45, 7) is 1.91. The molecular weight excluding hydrogens is 362 g/mol. The van der Waals surface area contributed by atoms with Crippen LogP contribution >= 0.6 is 0 Å². The summed E-state index contributed by atoms with van der Waals surface area (Å²) in [6, 6.07) is 10.8. The van der Waals surface area contributed by atoms with E-state index < -0.39 is 17.4 Å². The van der Waals surface area contributed by atoms with Crippen LogP contribution in [0, 0.1) is 23.2 Å². The Morgan fingerprint density at radius 2 is 1.64 bits per heavy atom. The summed E-state index contributed by atoms with van der Waals surface area (Å²) in [7, 11) is 0. The monoisotopic (exact) mass is 376 g/mol. The minimum atomic E-state index is -0.993. The summed E-state index contributed by atoms with van der Waals surface area (Å²) < 4.78 is 26.8. The predicted octanol–water partition coefficient (Wildman–Crippen LogP) is 2.70. The van der Waals surface area contributed by atoms with E-state index in [0.29, 0.717) is 22.5 Å². The molecule has 138 valence electrons. The molecule has 0 saturated heterocycles. The van der Waals surface area contributed by atoms with Gasteiger partial charge in [-0.3, -0.25) is 0 Å². The maximum absolute atomic E-state index is 13.4. The zero-order chi connectivity index (χ0) is 19.7. The number of hydrogen-bond acceptors (Lipinski definition) is 6. The average Bonchev–Trinajstić information content (AvgIpc) is 3.07. The second-order valence-corrected chi connectivity index (χ2v) is 6.37. The van der Waals surface area contributed by atoms with Crippen LogP contribution < -0.4 is 5.32 Å². The first-order valence-electron chi connectivity index (χ1n) is 8.50. The molecule has 0 radical (unpaired) electrons. The lowest BCUT2D eigenvalue weighted by atomic mass is 9.80. The zero-order valence-corrected chi connectivity index (χ0v) is 14.8. The van der Waals surface area contributed by atoms with E-state index in [9.17, 15) is 8.78 Å². The smallest absolute Gasteiger partial charge is 0.212 e. The van der Waals surface area contributed by atoms with Gasteiger partial charge in [0.05, 0.1) is 6.04 Å². The van der Waals surface area contributed by atoms with Gasteiger partial charge in [-0.05, 0) is 31.2 Å². The number of hydrogen-bond donors (Lipinski definition) is 1. The van der Waals surface area contributed by atoms with Crippen LogP contribution in [0.3, 0.4) is 0 Å². The fourth-order valence-corrected chi connectivity index (χ4v) is 3.40. The lowest BCUT2D eigenvalue weighted by molar-refractivity contribution is 0.446. The third kappa shape index (κ3) is 2.87. The second kappa shape index (κ2) is 6.78. The Bertz CT molecular complexity index is 1040. The highest BCUT2D eigenvalue weighted by molar-refractivity contribution is 6.01. The maximum atomic E-state index is 13.4. The molecule has 3 aromatic heterocycles. The number of pyridine rings is 3. The molecule has 4 rings (SSSR count). The van der Waals surface area contributed by atoms with Crippen molar-refractivity contribution in [2.45, 2.75) is 18.5 Å². The van der Waals surface area contributed by atoms with Gasteiger partial charge in [0.2, 0.25) is 11.9 Å². The van der Waals surface area contributed by atoms with Crippen LogP contribution in [0.15, 0.2) is 60.0 Å². The number of aliphatic imine (C=N–C) groups is 1. The average molecular weight is 376 g/mol. The minimum Gasteiger partial charge on any atom is -0.364 e. The Balaban J connectivity index is 1.92. The Kier molecular flexibility index (Phi) is 4.28. The van der Waals surface area contributed by atoms with Crippen LogP contribution in [-0.2, 0) is 5.54 Å². The van der Waals surface area contributed by atoms with Gasteiger partial charge < -0.3 is 5.32 Å². The highest BCUT2D eigenvalue weighted by atomic mass is 19.1. The van der Waals surface area contributed by atoms with Crippen molar-refractivity contribution in [2.24, 2.45) is 4.99 Å². The molecule has 0 spiro atoms. The van der Waals surface area contributed by atoms with Crippen LogP contribution in [0.4, 0.5) is 8.78 Å². The first kappa shape index (κ1) is 17.7. The maximum Gasteiger partial charge on any atom is 0.212 e. The van der Waals surface area contributed by atoms with E-state index >= 15 is 0 Å². The molecule has 4 heterocycles. The lowest BCUT2D eigenvalue weighted by Gasteiger charge is -2.31. The molecule has 1 N–H and O–H groups in total. The quantitative estimate of drug-likeness (QED) is 0.710. The van der Waals surface area contributed by atoms with Crippen LogP contribution in [0.1, 0.15) is 29.3 Å². The van der Waals surface area contributed by atoms with Crippen LogP contribution in [-0.4, -0.2) is 26.8 Å². The van der Waals surface area contributed by atoms with E-state index in [1.165, 1.54) is 30.7 Å². The van der Waals surface area contributed by atoms with Crippen molar-refractivity contribution in [3.8, 4) is 6.07 Å². The Morgan fingerprint density at radius 3 is 2.18 bits per heavy atom. The number of halogens is 2. The molecule has 1 aliphatic rings. The third-order valence-electron chi connectivity index (χ3n) is 4.75. The molecule has 1 atom stereocenters. The second-order valence-electron chi connectivity index (χ2n) is 6.37. The van der Waals surface area contributed by atoms with Gasteiger partial charge in [-0.1, -0.05) is 12.1 Å². The number of nitrogens with one attached hydrogen (secondary N) is 1.